The van der Waals surface area contributed by atoms with Crippen LogP contribution in [0.1, 0.15) is 27.7 Å². The molecular formula is C10H21NO. The molecule has 0 fully saturated rings. The van der Waals surface area contributed by atoms with E-state index in [-0.39, 0.29) is 0 Å². The number of hydrogen-bond donors (Lipinski definition) is 0. The molecule has 0 rings (SSSR count). The fourth-order valence-corrected chi connectivity index (χ4v) is 1.36. The van der Waals surface area contributed by atoms with Crippen LogP contribution in [0.4, 0.5) is 0 Å². The Morgan fingerprint density at radius 3 is 1.75 bits per heavy atom. The highest BCUT2D eigenvalue weighted by Crippen LogP contribution is 2.02. The maximum atomic E-state index is 10.3. The van der Waals surface area contributed by atoms with Crippen LogP contribution >= 0.6 is 0 Å². The average molecular weight is 171 g/mol. The van der Waals surface area contributed by atoms with E-state index in [1.54, 1.807) is 0 Å². The molecule has 0 saturated carbocycles. The molecule has 0 amide bonds. The predicted molar refractivity (Wildman–Crippen MR) is 52.2 cm³/mol. The van der Waals surface area contributed by atoms with E-state index in [0.29, 0.717) is 18.4 Å². The molecule has 0 aliphatic rings. The van der Waals surface area contributed by atoms with Crippen LogP contribution in [0, 0.1) is 11.8 Å². The van der Waals surface area contributed by atoms with Crippen LogP contribution in [0.3, 0.4) is 0 Å². The zero-order chi connectivity index (χ0) is 9.56. The summed E-state index contributed by atoms with van der Waals surface area (Å²) in [7, 11) is 0. The van der Waals surface area contributed by atoms with E-state index in [0.717, 1.165) is 19.4 Å². The zero-order valence-corrected chi connectivity index (χ0v) is 8.71. The molecule has 2 heteroatoms. The fraction of sp³-hybridized carbons (Fsp3) is 0.900. The van der Waals surface area contributed by atoms with E-state index < -0.39 is 0 Å². The SMILES string of the molecule is CC(C)CN(CC=O)CC(C)C. The number of carbonyl (C=O) groups is 1. The number of carbonyl (C=O) groups excluding carboxylic acids is 1. The molecule has 2 nitrogen and oxygen atoms in total. The van der Waals surface area contributed by atoms with Gasteiger partial charge in [0.2, 0.25) is 0 Å². The molecule has 0 aromatic heterocycles. The first-order valence-corrected chi connectivity index (χ1v) is 4.72. The van der Waals surface area contributed by atoms with E-state index in [1.165, 1.54) is 0 Å². The lowest BCUT2D eigenvalue weighted by Gasteiger charge is -2.23. The van der Waals surface area contributed by atoms with Crippen molar-refractivity contribution in [2.45, 2.75) is 27.7 Å². The van der Waals surface area contributed by atoms with E-state index >= 15 is 0 Å². The minimum Gasteiger partial charge on any atom is -0.302 e. The van der Waals surface area contributed by atoms with E-state index in [4.69, 9.17) is 0 Å². The van der Waals surface area contributed by atoms with Crippen LogP contribution in [0.15, 0.2) is 0 Å². The highest BCUT2D eigenvalue weighted by atomic mass is 16.1. The third-order valence-corrected chi connectivity index (χ3v) is 1.58. The highest BCUT2D eigenvalue weighted by Gasteiger charge is 2.07. The van der Waals surface area contributed by atoms with E-state index in [2.05, 4.69) is 32.6 Å². The van der Waals surface area contributed by atoms with Crippen LogP contribution in [0.25, 0.3) is 0 Å². The third-order valence-electron chi connectivity index (χ3n) is 1.58. The van der Waals surface area contributed by atoms with Crippen LogP contribution in [-0.4, -0.2) is 30.8 Å². The Hall–Kier alpha value is -0.370. The van der Waals surface area contributed by atoms with Crippen molar-refractivity contribution in [3.63, 3.8) is 0 Å². The normalized spacial score (nSPS) is 11.6. The molecule has 0 unspecified atom stereocenters. The lowest BCUT2D eigenvalue weighted by molar-refractivity contribution is -0.109. The molecule has 0 heterocycles. The second-order valence-corrected chi connectivity index (χ2v) is 4.17. The van der Waals surface area contributed by atoms with Gasteiger partial charge in [-0.1, -0.05) is 27.7 Å². The molecule has 0 saturated heterocycles. The Morgan fingerprint density at radius 2 is 1.50 bits per heavy atom. The second kappa shape index (κ2) is 6.18. The molecule has 0 aliphatic carbocycles. The quantitative estimate of drug-likeness (QED) is 0.568. The molecule has 0 bridgehead atoms. The summed E-state index contributed by atoms with van der Waals surface area (Å²) in [5.41, 5.74) is 0. The van der Waals surface area contributed by atoms with Gasteiger partial charge in [-0.25, -0.2) is 0 Å². The molecule has 72 valence electrons. The lowest BCUT2D eigenvalue weighted by Crippen LogP contribution is -2.32. The van der Waals surface area contributed by atoms with Gasteiger partial charge in [-0.3, -0.25) is 4.90 Å². The summed E-state index contributed by atoms with van der Waals surface area (Å²) < 4.78 is 0. The number of hydrogen-bond acceptors (Lipinski definition) is 2. The highest BCUT2D eigenvalue weighted by molar-refractivity contribution is 5.51. The van der Waals surface area contributed by atoms with Crippen LogP contribution in [0.2, 0.25) is 0 Å². The maximum Gasteiger partial charge on any atom is 0.133 e. The summed E-state index contributed by atoms with van der Waals surface area (Å²) >= 11 is 0. The van der Waals surface area contributed by atoms with Crippen molar-refractivity contribution in [1.29, 1.82) is 0 Å². The molecule has 0 aromatic carbocycles. The molecule has 0 aliphatic heterocycles. The standard InChI is InChI=1S/C10H21NO/c1-9(2)7-11(5-6-12)8-10(3)4/h6,9-10H,5,7-8H2,1-4H3. The van der Waals surface area contributed by atoms with Gasteiger partial charge in [0.1, 0.15) is 6.29 Å². The van der Waals surface area contributed by atoms with Gasteiger partial charge in [-0.05, 0) is 11.8 Å². The maximum absolute atomic E-state index is 10.3. The first kappa shape index (κ1) is 11.6. The van der Waals surface area contributed by atoms with Gasteiger partial charge in [0, 0.05) is 13.1 Å². The minimum absolute atomic E-state index is 0.580. The summed E-state index contributed by atoms with van der Waals surface area (Å²) in [6.45, 7) is 11.3. The van der Waals surface area contributed by atoms with E-state index in [9.17, 15) is 4.79 Å². The Morgan fingerprint density at radius 1 is 1.08 bits per heavy atom. The summed E-state index contributed by atoms with van der Waals surface area (Å²) in [6, 6.07) is 0. The Labute approximate surface area is 75.9 Å². The van der Waals surface area contributed by atoms with Gasteiger partial charge in [-0.2, -0.15) is 0 Å². The summed E-state index contributed by atoms with van der Waals surface area (Å²) in [5, 5.41) is 0. The number of aldehydes is 1. The van der Waals surface area contributed by atoms with Crippen molar-refractivity contribution in [3.05, 3.63) is 0 Å². The first-order chi connectivity index (χ1) is 5.56. The van der Waals surface area contributed by atoms with Crippen LogP contribution in [0.5, 0.6) is 0 Å². The van der Waals surface area contributed by atoms with Gasteiger partial charge < -0.3 is 4.79 Å². The monoisotopic (exact) mass is 171 g/mol. The number of nitrogens with zero attached hydrogens (tertiary/aromatic N) is 1. The summed E-state index contributed by atoms with van der Waals surface area (Å²) in [5.74, 6) is 1.28. The van der Waals surface area contributed by atoms with Gasteiger partial charge in [0.15, 0.2) is 0 Å². The Bertz CT molecular complexity index is 111. The van der Waals surface area contributed by atoms with E-state index in [1.807, 2.05) is 0 Å². The topological polar surface area (TPSA) is 20.3 Å². The lowest BCUT2D eigenvalue weighted by atomic mass is 10.1. The average Bonchev–Trinajstić information content (AvgIpc) is 1.84. The minimum atomic E-state index is 0.580. The Balaban J connectivity index is 3.77. The molecule has 12 heavy (non-hydrogen) atoms. The van der Waals surface area contributed by atoms with Crippen molar-refractivity contribution in [1.82, 2.24) is 4.90 Å². The second-order valence-electron chi connectivity index (χ2n) is 4.17. The first-order valence-electron chi connectivity index (χ1n) is 4.72. The van der Waals surface area contributed by atoms with Crippen molar-refractivity contribution in [3.8, 4) is 0 Å². The van der Waals surface area contributed by atoms with Crippen LogP contribution < -0.4 is 0 Å². The molecule has 0 spiro atoms. The van der Waals surface area contributed by atoms with Gasteiger partial charge >= 0.3 is 0 Å². The smallest absolute Gasteiger partial charge is 0.133 e. The molecular weight excluding hydrogens is 150 g/mol. The third kappa shape index (κ3) is 6.35. The van der Waals surface area contributed by atoms with Crippen molar-refractivity contribution in [2.75, 3.05) is 19.6 Å². The van der Waals surface area contributed by atoms with Gasteiger partial charge in [0.05, 0.1) is 6.54 Å². The Kier molecular flexibility index (Phi) is 5.99. The number of rotatable bonds is 6. The largest absolute Gasteiger partial charge is 0.302 e. The fourth-order valence-electron chi connectivity index (χ4n) is 1.36. The zero-order valence-electron chi connectivity index (χ0n) is 8.71. The van der Waals surface area contributed by atoms with Crippen molar-refractivity contribution < 1.29 is 4.79 Å². The molecule has 0 N–H and O–H groups in total. The van der Waals surface area contributed by atoms with Gasteiger partial charge in [0.25, 0.3) is 0 Å². The predicted octanol–water partition coefficient (Wildman–Crippen LogP) is 1.80. The summed E-state index contributed by atoms with van der Waals surface area (Å²) in [6.07, 6.45) is 0.991. The summed E-state index contributed by atoms with van der Waals surface area (Å²) in [4.78, 5) is 12.5. The van der Waals surface area contributed by atoms with Gasteiger partial charge in [-0.15, -0.1) is 0 Å². The van der Waals surface area contributed by atoms with Crippen molar-refractivity contribution in [2.24, 2.45) is 11.8 Å². The molecule has 0 atom stereocenters. The van der Waals surface area contributed by atoms with Crippen molar-refractivity contribution >= 4 is 6.29 Å². The van der Waals surface area contributed by atoms with Crippen LogP contribution in [-0.2, 0) is 4.79 Å². The molecule has 0 aromatic rings. The molecule has 0 radical (unpaired) electrons.